The van der Waals surface area contributed by atoms with Crippen LogP contribution in [0, 0.1) is 18.8 Å². The number of ether oxygens (including phenoxy) is 1. The molecule has 1 fully saturated rings. The number of hydrogen-bond donors (Lipinski definition) is 2. The second kappa shape index (κ2) is 12.7. The Morgan fingerprint density at radius 3 is 2.73 bits per heavy atom. The molecule has 0 radical (unpaired) electrons. The Morgan fingerprint density at radius 2 is 1.97 bits per heavy atom. The minimum atomic E-state index is 0.579. The standard InChI is InChI=1S/C27H28N5OPS.C2H2/c1-3-4-5-6-17(2)24-25(32-16-31-24)19-7-8-22-20(9-19)10-21(13-29-22)26-30-14-23(35-26)27(34)33-15-18-11-28-12-18;1-2/h4-10,13-14,16,18,28,34H,3,11-12,15H2,1-2H3,(H,31,32);1-2H/b5-4-,17-6+;. The van der Waals surface area contributed by atoms with Gasteiger partial charge in [-0.2, -0.15) is 0 Å². The molecule has 2 N–H and O–H groups in total. The van der Waals surface area contributed by atoms with Gasteiger partial charge in [0.15, 0.2) is 0 Å². The average Bonchev–Trinajstić information content (AvgIpc) is 3.59. The van der Waals surface area contributed by atoms with Crippen molar-refractivity contribution in [3.63, 3.8) is 0 Å². The largest absolute Gasteiger partial charge is 0.344 e. The van der Waals surface area contributed by atoms with Crippen LogP contribution in [0.2, 0.25) is 0 Å². The number of nitrogens with one attached hydrogen (secondary N) is 2. The number of imidazole rings is 1. The van der Waals surface area contributed by atoms with E-state index < -0.39 is 0 Å². The SMILES string of the molecule is C#C.CC/C=C\C=C(/C)c1nc[nH]c1-c1ccc2ncc(-c3ncc(C(=P)OCC4CNC4)s3)cc2c1. The van der Waals surface area contributed by atoms with Crippen molar-refractivity contribution in [1.82, 2.24) is 25.3 Å². The minimum Gasteiger partial charge on any atom is -0.344 e. The van der Waals surface area contributed by atoms with E-state index in [1.807, 2.05) is 12.4 Å². The summed E-state index contributed by atoms with van der Waals surface area (Å²) in [5.74, 6) is 0.579. The van der Waals surface area contributed by atoms with Gasteiger partial charge in [-0.05, 0) is 37.1 Å². The highest BCUT2D eigenvalue weighted by Gasteiger charge is 2.18. The Kier molecular flexibility index (Phi) is 9.16. The number of hydrogen-bond acceptors (Lipinski definition) is 6. The minimum absolute atomic E-state index is 0.579. The van der Waals surface area contributed by atoms with Gasteiger partial charge in [0, 0.05) is 47.9 Å². The van der Waals surface area contributed by atoms with E-state index in [1.54, 1.807) is 17.7 Å². The molecule has 6 nitrogen and oxygen atoms in total. The van der Waals surface area contributed by atoms with Crippen LogP contribution in [0.15, 0.2) is 61.2 Å². The number of H-pyrrole nitrogens is 1. The monoisotopic (exact) mass is 527 g/mol. The van der Waals surface area contributed by atoms with Crippen LogP contribution in [-0.2, 0) is 4.74 Å². The lowest BCUT2D eigenvalue weighted by Gasteiger charge is -2.26. The fourth-order valence-electron chi connectivity index (χ4n) is 3.90. The van der Waals surface area contributed by atoms with E-state index in [0.717, 1.165) is 73.9 Å². The molecule has 0 atom stereocenters. The number of aromatic amines is 1. The summed E-state index contributed by atoms with van der Waals surface area (Å²) < 4.78 is 5.90. The van der Waals surface area contributed by atoms with Crippen molar-refractivity contribution in [2.45, 2.75) is 20.3 Å². The zero-order chi connectivity index (χ0) is 26.2. The van der Waals surface area contributed by atoms with Crippen LogP contribution in [0.3, 0.4) is 0 Å². The highest BCUT2D eigenvalue weighted by molar-refractivity contribution is 7.27. The second-order valence-electron chi connectivity index (χ2n) is 8.64. The third kappa shape index (κ3) is 6.30. The Labute approximate surface area is 224 Å². The Bertz CT molecular complexity index is 1460. The molecule has 0 unspecified atom stereocenters. The van der Waals surface area contributed by atoms with Gasteiger partial charge >= 0.3 is 0 Å². The predicted molar refractivity (Wildman–Crippen MR) is 158 cm³/mol. The van der Waals surface area contributed by atoms with Crippen LogP contribution in [-0.4, -0.2) is 45.1 Å². The number of rotatable bonds is 9. The van der Waals surface area contributed by atoms with Crippen molar-refractivity contribution in [2.75, 3.05) is 19.7 Å². The first-order valence-electron chi connectivity index (χ1n) is 12.1. The van der Waals surface area contributed by atoms with E-state index in [4.69, 9.17) is 4.74 Å². The van der Waals surface area contributed by atoms with Crippen molar-refractivity contribution in [3.05, 3.63) is 71.8 Å². The Balaban J connectivity index is 0.00000156. The number of fused-ring (bicyclic) bond motifs is 1. The van der Waals surface area contributed by atoms with E-state index in [0.29, 0.717) is 12.5 Å². The van der Waals surface area contributed by atoms with E-state index in [1.165, 1.54) is 0 Å². The first kappa shape index (κ1) is 26.7. The van der Waals surface area contributed by atoms with Gasteiger partial charge in [-0.3, -0.25) is 4.98 Å². The van der Waals surface area contributed by atoms with Gasteiger partial charge in [0.25, 0.3) is 0 Å². The molecule has 4 heterocycles. The van der Waals surface area contributed by atoms with Gasteiger partial charge in [-0.25, -0.2) is 9.97 Å². The average molecular weight is 528 g/mol. The summed E-state index contributed by atoms with van der Waals surface area (Å²) in [6.45, 7) is 6.96. The van der Waals surface area contributed by atoms with Crippen LogP contribution in [0.25, 0.3) is 38.3 Å². The summed E-state index contributed by atoms with van der Waals surface area (Å²) in [6.07, 6.45) is 20.8. The summed E-state index contributed by atoms with van der Waals surface area (Å²) in [6, 6.07) is 8.44. The molecule has 0 aliphatic carbocycles. The highest BCUT2D eigenvalue weighted by Crippen LogP contribution is 2.31. The van der Waals surface area contributed by atoms with Crippen molar-refractivity contribution >= 4 is 42.2 Å². The normalized spacial score (nSPS) is 13.9. The smallest absolute Gasteiger partial charge is 0.125 e. The molecule has 0 amide bonds. The first-order valence-corrected chi connectivity index (χ1v) is 13.4. The fraction of sp³-hybridized carbons (Fsp3) is 0.241. The third-order valence-corrected chi connectivity index (χ3v) is 7.65. The molecule has 1 aliphatic rings. The van der Waals surface area contributed by atoms with Crippen LogP contribution >= 0.6 is 20.2 Å². The van der Waals surface area contributed by atoms with Crippen molar-refractivity contribution in [3.8, 4) is 34.7 Å². The zero-order valence-corrected chi connectivity index (χ0v) is 22.8. The lowest BCUT2D eigenvalue weighted by atomic mass is 10.0. The second-order valence-corrected chi connectivity index (χ2v) is 10.1. The summed E-state index contributed by atoms with van der Waals surface area (Å²) in [5, 5.41) is 5.23. The van der Waals surface area contributed by atoms with Gasteiger partial charge in [-0.15, -0.1) is 24.2 Å². The maximum Gasteiger partial charge on any atom is 0.125 e. The highest BCUT2D eigenvalue weighted by atomic mass is 32.1. The molecule has 0 spiro atoms. The van der Waals surface area contributed by atoms with Gasteiger partial charge in [0.2, 0.25) is 0 Å². The maximum absolute atomic E-state index is 5.90. The number of terminal acetylenes is 1. The molecule has 3 aromatic heterocycles. The van der Waals surface area contributed by atoms with E-state index in [-0.39, 0.29) is 0 Å². The molecule has 5 rings (SSSR count). The fourth-order valence-corrected chi connectivity index (χ4v) is 5.00. The molecular formula is C29H30N5OPS. The van der Waals surface area contributed by atoms with Crippen molar-refractivity contribution in [1.29, 1.82) is 0 Å². The molecule has 37 heavy (non-hydrogen) atoms. The Hall–Kier alpha value is -3.40. The van der Waals surface area contributed by atoms with E-state index in [9.17, 15) is 0 Å². The molecule has 1 saturated heterocycles. The topological polar surface area (TPSA) is 75.7 Å². The molecule has 8 heteroatoms. The number of thiazole rings is 1. The number of benzene rings is 1. The maximum atomic E-state index is 5.90. The summed E-state index contributed by atoms with van der Waals surface area (Å²) in [5.41, 5.74) is 6.82. The quantitative estimate of drug-likeness (QED) is 0.153. The molecule has 1 aliphatic heterocycles. The number of nitrogens with zero attached hydrogens (tertiary/aromatic N) is 3. The molecule has 188 valence electrons. The lowest BCUT2D eigenvalue weighted by Crippen LogP contribution is -2.44. The van der Waals surface area contributed by atoms with Crippen molar-refractivity contribution < 1.29 is 4.74 Å². The van der Waals surface area contributed by atoms with Gasteiger partial charge in [0.1, 0.15) is 10.5 Å². The molecular weight excluding hydrogens is 497 g/mol. The van der Waals surface area contributed by atoms with Gasteiger partial charge in [-0.1, -0.05) is 40.1 Å². The molecule has 0 bridgehead atoms. The van der Waals surface area contributed by atoms with E-state index >= 15 is 0 Å². The van der Waals surface area contributed by atoms with E-state index in [2.05, 4.69) is 103 Å². The van der Waals surface area contributed by atoms with Gasteiger partial charge in [0.05, 0.1) is 34.7 Å². The number of pyridine rings is 1. The number of allylic oxidation sites excluding steroid dienone is 4. The first-order chi connectivity index (χ1) is 18.1. The van der Waals surface area contributed by atoms with Crippen LogP contribution in [0.1, 0.15) is 30.8 Å². The zero-order valence-electron chi connectivity index (χ0n) is 21.0. The predicted octanol–water partition coefficient (Wildman–Crippen LogP) is 6.22. The number of aromatic nitrogens is 4. The summed E-state index contributed by atoms with van der Waals surface area (Å²) in [4.78, 5) is 18.2. The van der Waals surface area contributed by atoms with Crippen molar-refractivity contribution in [2.24, 2.45) is 5.92 Å². The Morgan fingerprint density at radius 1 is 1.16 bits per heavy atom. The molecule has 1 aromatic carbocycles. The summed E-state index contributed by atoms with van der Waals surface area (Å²) in [7, 11) is 3.63. The van der Waals surface area contributed by atoms with Crippen LogP contribution < -0.4 is 5.32 Å². The van der Waals surface area contributed by atoms with Gasteiger partial charge < -0.3 is 15.0 Å². The lowest BCUT2D eigenvalue weighted by molar-refractivity contribution is 0.194. The van der Waals surface area contributed by atoms with Crippen LogP contribution in [0.5, 0.6) is 0 Å². The van der Waals surface area contributed by atoms with Crippen LogP contribution in [0.4, 0.5) is 0 Å². The third-order valence-electron chi connectivity index (χ3n) is 6.01. The molecule has 4 aromatic rings. The summed E-state index contributed by atoms with van der Waals surface area (Å²) >= 11 is 1.59. The molecule has 0 saturated carbocycles.